The summed E-state index contributed by atoms with van der Waals surface area (Å²) >= 11 is 0. The molecule has 1 atom stereocenters. The molecule has 0 aliphatic carbocycles. The first-order valence-corrected chi connectivity index (χ1v) is 12.3. The fraction of sp³-hybridized carbons (Fsp3) is 0.464. The summed E-state index contributed by atoms with van der Waals surface area (Å²) in [5.41, 5.74) is 0.478. The van der Waals surface area contributed by atoms with Crippen molar-refractivity contribution >= 4 is 17.7 Å². The first-order valence-electron chi connectivity index (χ1n) is 12.3. The smallest absolute Gasteiger partial charge is 0.240 e. The van der Waals surface area contributed by atoms with E-state index in [0.29, 0.717) is 44.9 Å². The molecule has 7 heteroatoms. The number of carbonyl (C=O) groups is 3. The van der Waals surface area contributed by atoms with Crippen LogP contribution in [0.3, 0.4) is 0 Å². The molecule has 1 N–H and O–H groups in total. The molecule has 186 valence electrons. The first-order chi connectivity index (χ1) is 17.0. The molecule has 0 aromatic heterocycles. The van der Waals surface area contributed by atoms with Crippen LogP contribution in [0.1, 0.15) is 43.2 Å². The Bertz CT molecular complexity index is 1020. The predicted octanol–water partition coefficient (Wildman–Crippen LogP) is 2.97. The van der Waals surface area contributed by atoms with Crippen LogP contribution in [0.25, 0.3) is 0 Å². The third-order valence-electron chi connectivity index (χ3n) is 7.39. The van der Waals surface area contributed by atoms with Gasteiger partial charge in [0.1, 0.15) is 0 Å². The summed E-state index contributed by atoms with van der Waals surface area (Å²) in [4.78, 5) is 41.2. The molecule has 1 unspecified atom stereocenters. The van der Waals surface area contributed by atoms with Crippen molar-refractivity contribution < 1.29 is 23.9 Å². The number of benzene rings is 2. The molecule has 2 fully saturated rings. The normalized spacial score (nSPS) is 21.8. The molecule has 0 radical (unpaired) electrons. The summed E-state index contributed by atoms with van der Waals surface area (Å²) in [6.45, 7) is 2.49. The molecule has 4 rings (SSSR count). The number of likely N-dealkylation sites (tertiary alicyclic amines) is 1. The van der Waals surface area contributed by atoms with Crippen LogP contribution in [0.2, 0.25) is 0 Å². The van der Waals surface area contributed by atoms with Gasteiger partial charge in [-0.25, -0.2) is 0 Å². The lowest BCUT2D eigenvalue weighted by atomic mass is 9.73. The predicted molar refractivity (Wildman–Crippen MR) is 132 cm³/mol. The molecule has 2 aliphatic rings. The molecule has 2 heterocycles. The molecule has 3 amide bonds. The summed E-state index contributed by atoms with van der Waals surface area (Å²) in [7, 11) is 1.59. The van der Waals surface area contributed by atoms with Crippen molar-refractivity contribution in [2.45, 2.75) is 42.9 Å². The van der Waals surface area contributed by atoms with Crippen molar-refractivity contribution in [3.8, 4) is 0 Å². The highest BCUT2D eigenvalue weighted by Crippen LogP contribution is 2.40. The van der Waals surface area contributed by atoms with Crippen molar-refractivity contribution in [3.05, 3.63) is 71.8 Å². The minimum absolute atomic E-state index is 0.00603. The Hall–Kier alpha value is -3.03. The molecule has 2 aromatic rings. The van der Waals surface area contributed by atoms with Gasteiger partial charge in [-0.3, -0.25) is 19.3 Å². The Balaban J connectivity index is 1.53. The zero-order valence-corrected chi connectivity index (χ0v) is 20.3. The molecular weight excluding hydrogens is 444 g/mol. The van der Waals surface area contributed by atoms with E-state index in [1.807, 2.05) is 48.5 Å². The highest BCUT2D eigenvalue weighted by molar-refractivity contribution is 6.10. The fourth-order valence-corrected chi connectivity index (χ4v) is 5.34. The van der Waals surface area contributed by atoms with E-state index in [-0.39, 0.29) is 36.0 Å². The number of hydrogen-bond acceptors (Lipinski definition) is 5. The second-order valence-corrected chi connectivity index (χ2v) is 9.53. The number of nitrogens with one attached hydrogen (secondary N) is 1. The van der Waals surface area contributed by atoms with E-state index < -0.39 is 5.41 Å². The van der Waals surface area contributed by atoms with Gasteiger partial charge in [0.25, 0.3) is 0 Å². The number of nitrogens with zero attached hydrogens (tertiary/aromatic N) is 1. The van der Waals surface area contributed by atoms with Gasteiger partial charge in [-0.1, -0.05) is 60.7 Å². The van der Waals surface area contributed by atoms with E-state index in [4.69, 9.17) is 9.47 Å². The maximum atomic E-state index is 13.6. The summed E-state index contributed by atoms with van der Waals surface area (Å²) in [6, 6.07) is 19.4. The third kappa shape index (κ3) is 5.31. The van der Waals surface area contributed by atoms with Crippen LogP contribution in [-0.2, 0) is 34.7 Å². The maximum Gasteiger partial charge on any atom is 0.240 e. The van der Waals surface area contributed by atoms with E-state index in [1.165, 1.54) is 10.5 Å². The molecule has 2 aliphatic heterocycles. The molecule has 0 spiro atoms. The minimum atomic E-state index is -1.19. The Morgan fingerprint density at radius 2 is 1.63 bits per heavy atom. The molecule has 35 heavy (non-hydrogen) atoms. The second-order valence-electron chi connectivity index (χ2n) is 9.53. The number of methoxy groups -OCH3 is 1. The Morgan fingerprint density at radius 3 is 2.26 bits per heavy atom. The van der Waals surface area contributed by atoms with Gasteiger partial charge in [0, 0.05) is 58.3 Å². The van der Waals surface area contributed by atoms with E-state index in [2.05, 4.69) is 17.4 Å². The van der Waals surface area contributed by atoms with Gasteiger partial charge >= 0.3 is 0 Å². The highest BCUT2D eigenvalue weighted by Gasteiger charge is 2.53. The molecular formula is C28H34N2O5. The average Bonchev–Trinajstić information content (AvgIpc) is 3.14. The SMILES string of the molecule is COCCCN1C(=O)CC(CC(=O)NCC2(c3ccccc3)CCOCC2)(c2ccccc2)C1=O. The van der Waals surface area contributed by atoms with E-state index in [0.717, 1.165) is 12.8 Å². The largest absolute Gasteiger partial charge is 0.385 e. The Kier molecular flexibility index (Phi) is 7.98. The standard InChI is InChI=1S/C28H34N2O5/c1-34-16-8-15-30-25(32)20-28(26(30)33,23-11-6-3-7-12-23)19-24(31)29-21-27(13-17-35-18-14-27)22-9-4-2-5-10-22/h2-7,9-12H,8,13-21H2,1H3,(H,29,31). The fourth-order valence-electron chi connectivity index (χ4n) is 5.34. The monoisotopic (exact) mass is 478 g/mol. The van der Waals surface area contributed by atoms with Gasteiger partial charge in [-0.05, 0) is 30.4 Å². The third-order valence-corrected chi connectivity index (χ3v) is 7.39. The summed E-state index contributed by atoms with van der Waals surface area (Å²) < 4.78 is 10.7. The van der Waals surface area contributed by atoms with Crippen LogP contribution in [0.4, 0.5) is 0 Å². The number of imide groups is 1. The van der Waals surface area contributed by atoms with Crippen molar-refractivity contribution in [1.82, 2.24) is 10.2 Å². The van der Waals surface area contributed by atoms with Crippen molar-refractivity contribution in [2.75, 3.05) is 40.0 Å². The minimum Gasteiger partial charge on any atom is -0.385 e. The summed E-state index contributed by atoms with van der Waals surface area (Å²) in [5.74, 6) is -0.771. The van der Waals surface area contributed by atoms with Crippen LogP contribution in [0.15, 0.2) is 60.7 Å². The van der Waals surface area contributed by atoms with E-state index in [1.54, 1.807) is 7.11 Å². The topological polar surface area (TPSA) is 84.9 Å². The number of hydrogen-bond donors (Lipinski definition) is 1. The number of rotatable bonds is 10. The lowest BCUT2D eigenvalue weighted by Gasteiger charge is -2.38. The molecule has 0 bridgehead atoms. The van der Waals surface area contributed by atoms with Gasteiger partial charge < -0.3 is 14.8 Å². The van der Waals surface area contributed by atoms with Gasteiger partial charge in [-0.2, -0.15) is 0 Å². The van der Waals surface area contributed by atoms with Crippen molar-refractivity contribution in [1.29, 1.82) is 0 Å². The molecule has 0 saturated carbocycles. The van der Waals surface area contributed by atoms with Crippen molar-refractivity contribution in [3.63, 3.8) is 0 Å². The van der Waals surface area contributed by atoms with Crippen LogP contribution >= 0.6 is 0 Å². The maximum absolute atomic E-state index is 13.6. The summed E-state index contributed by atoms with van der Waals surface area (Å²) in [6.07, 6.45) is 2.11. The number of amides is 3. The van der Waals surface area contributed by atoms with Gasteiger partial charge in [-0.15, -0.1) is 0 Å². The van der Waals surface area contributed by atoms with E-state index >= 15 is 0 Å². The molecule has 2 aromatic carbocycles. The summed E-state index contributed by atoms with van der Waals surface area (Å²) in [5, 5.41) is 3.12. The number of ether oxygens (including phenoxy) is 2. The highest BCUT2D eigenvalue weighted by atomic mass is 16.5. The Morgan fingerprint density at radius 1 is 1.00 bits per heavy atom. The lowest BCUT2D eigenvalue weighted by Crippen LogP contribution is -2.47. The van der Waals surface area contributed by atoms with Gasteiger partial charge in [0.2, 0.25) is 17.7 Å². The zero-order valence-electron chi connectivity index (χ0n) is 20.3. The van der Waals surface area contributed by atoms with Gasteiger partial charge in [0.15, 0.2) is 0 Å². The molecule has 7 nitrogen and oxygen atoms in total. The zero-order chi connectivity index (χ0) is 24.7. The molecule has 2 saturated heterocycles. The average molecular weight is 479 g/mol. The van der Waals surface area contributed by atoms with Gasteiger partial charge in [0.05, 0.1) is 5.41 Å². The van der Waals surface area contributed by atoms with Crippen LogP contribution in [-0.4, -0.2) is 62.6 Å². The van der Waals surface area contributed by atoms with Crippen molar-refractivity contribution in [2.24, 2.45) is 0 Å². The second kappa shape index (κ2) is 11.1. The van der Waals surface area contributed by atoms with E-state index in [9.17, 15) is 14.4 Å². The van der Waals surface area contributed by atoms with Crippen LogP contribution in [0.5, 0.6) is 0 Å². The number of carbonyl (C=O) groups excluding carboxylic acids is 3. The quantitative estimate of drug-likeness (QED) is 0.419. The lowest BCUT2D eigenvalue weighted by molar-refractivity contribution is -0.141. The first kappa shape index (κ1) is 25.1. The van der Waals surface area contributed by atoms with Crippen LogP contribution < -0.4 is 5.32 Å². The van der Waals surface area contributed by atoms with Crippen LogP contribution in [0, 0.1) is 0 Å². The Labute approximate surface area is 206 Å².